The monoisotopic (exact) mass is 472 g/mol. The predicted molar refractivity (Wildman–Crippen MR) is 111 cm³/mol. The van der Waals surface area contributed by atoms with Gasteiger partial charge in [0, 0.05) is 32.1 Å². The van der Waals surface area contributed by atoms with Crippen molar-refractivity contribution in [3.05, 3.63) is 35.1 Å². The molecule has 2 amide bonds. The molecular weight excluding hydrogens is 444 g/mol. The number of carbonyl (C=O) groups is 3. The highest BCUT2D eigenvalue weighted by Crippen LogP contribution is 2.34. The molecule has 0 unspecified atom stereocenters. The number of likely N-dealkylation sites (tertiary alicyclic amines) is 2. The fourth-order valence-electron chi connectivity index (χ4n) is 4.35. The average Bonchev–Trinajstić information content (AvgIpc) is 2.81. The van der Waals surface area contributed by atoms with Crippen molar-refractivity contribution in [1.29, 1.82) is 0 Å². The Labute approximate surface area is 189 Å². The summed E-state index contributed by atoms with van der Waals surface area (Å²) in [5.74, 6) is -2.66. The highest BCUT2D eigenvalue weighted by molar-refractivity contribution is 5.96. The van der Waals surface area contributed by atoms with E-state index < -0.39 is 29.0 Å². The summed E-state index contributed by atoms with van der Waals surface area (Å²) in [7, 11) is 0. The number of nitrogens with zero attached hydrogens (tertiary/aromatic N) is 2. The molecule has 33 heavy (non-hydrogen) atoms. The summed E-state index contributed by atoms with van der Waals surface area (Å²) in [6, 6.07) is 1.86. The fourth-order valence-corrected chi connectivity index (χ4v) is 4.35. The van der Waals surface area contributed by atoms with Crippen molar-refractivity contribution in [2.75, 3.05) is 32.8 Å². The van der Waals surface area contributed by atoms with E-state index in [9.17, 15) is 31.9 Å². The van der Waals surface area contributed by atoms with Gasteiger partial charge in [0.2, 0.25) is 5.91 Å². The third kappa shape index (κ3) is 6.03. The maximum Gasteiger partial charge on any atom is 0.417 e. The van der Waals surface area contributed by atoms with Crippen molar-refractivity contribution < 1.29 is 36.7 Å². The summed E-state index contributed by atoms with van der Waals surface area (Å²) < 4.78 is 58.5. The summed E-state index contributed by atoms with van der Waals surface area (Å²) in [5, 5.41) is 0. The SMILES string of the molecule is CCCOC(=O)C1CCN(C(=O)C2CCN(C(=O)c3cc(F)ccc3C(F)(F)F)CC2)CC1. The maximum absolute atomic E-state index is 13.6. The van der Waals surface area contributed by atoms with Crippen LogP contribution in [-0.4, -0.2) is 60.4 Å². The first kappa shape index (κ1) is 25.0. The van der Waals surface area contributed by atoms with Gasteiger partial charge < -0.3 is 14.5 Å². The number of rotatable bonds is 5. The minimum absolute atomic E-state index is 0.0655. The van der Waals surface area contributed by atoms with Crippen molar-refractivity contribution in [1.82, 2.24) is 9.80 Å². The Morgan fingerprint density at radius 2 is 1.55 bits per heavy atom. The van der Waals surface area contributed by atoms with E-state index in [0.29, 0.717) is 63.6 Å². The normalized spacial score (nSPS) is 18.3. The summed E-state index contributed by atoms with van der Waals surface area (Å²) in [6.07, 6.45) is -2.32. The highest BCUT2D eigenvalue weighted by atomic mass is 19.4. The molecule has 0 saturated carbocycles. The van der Waals surface area contributed by atoms with Crippen LogP contribution >= 0.6 is 0 Å². The molecule has 2 heterocycles. The van der Waals surface area contributed by atoms with Crippen molar-refractivity contribution >= 4 is 17.8 Å². The number of hydrogen-bond donors (Lipinski definition) is 0. The van der Waals surface area contributed by atoms with Gasteiger partial charge in [-0.1, -0.05) is 6.92 Å². The van der Waals surface area contributed by atoms with Gasteiger partial charge in [0.05, 0.1) is 23.7 Å². The van der Waals surface area contributed by atoms with E-state index in [1.54, 1.807) is 4.90 Å². The Morgan fingerprint density at radius 1 is 0.970 bits per heavy atom. The molecule has 0 spiro atoms. The first-order valence-electron chi connectivity index (χ1n) is 11.2. The Hall–Kier alpha value is -2.65. The summed E-state index contributed by atoms with van der Waals surface area (Å²) in [4.78, 5) is 40.5. The van der Waals surface area contributed by atoms with Crippen LogP contribution in [0.4, 0.5) is 17.6 Å². The molecule has 0 bridgehead atoms. The summed E-state index contributed by atoms with van der Waals surface area (Å²) in [5.41, 5.74) is -1.89. The molecule has 2 saturated heterocycles. The molecule has 1 aromatic carbocycles. The molecule has 1 aromatic rings. The lowest BCUT2D eigenvalue weighted by atomic mass is 9.91. The van der Waals surface area contributed by atoms with E-state index in [2.05, 4.69) is 0 Å². The van der Waals surface area contributed by atoms with Crippen LogP contribution in [0.15, 0.2) is 18.2 Å². The topological polar surface area (TPSA) is 66.9 Å². The Balaban J connectivity index is 1.54. The van der Waals surface area contributed by atoms with E-state index in [-0.39, 0.29) is 36.8 Å². The van der Waals surface area contributed by atoms with E-state index in [4.69, 9.17) is 4.74 Å². The van der Waals surface area contributed by atoms with Crippen molar-refractivity contribution in [3.63, 3.8) is 0 Å². The van der Waals surface area contributed by atoms with E-state index in [0.717, 1.165) is 6.42 Å². The molecule has 2 aliphatic heterocycles. The zero-order valence-electron chi connectivity index (χ0n) is 18.5. The number of ether oxygens (including phenoxy) is 1. The van der Waals surface area contributed by atoms with Gasteiger partial charge in [0.25, 0.3) is 5.91 Å². The quantitative estimate of drug-likeness (QED) is 0.482. The van der Waals surface area contributed by atoms with Crippen LogP contribution in [0.5, 0.6) is 0 Å². The molecule has 0 radical (unpaired) electrons. The Kier molecular flexibility index (Phi) is 7.97. The van der Waals surface area contributed by atoms with E-state index in [1.807, 2.05) is 6.92 Å². The summed E-state index contributed by atoms with van der Waals surface area (Å²) >= 11 is 0. The molecule has 0 N–H and O–H groups in total. The molecule has 3 rings (SSSR count). The highest BCUT2D eigenvalue weighted by Gasteiger charge is 2.38. The lowest BCUT2D eigenvalue weighted by molar-refractivity contribution is -0.152. The second-order valence-electron chi connectivity index (χ2n) is 8.52. The molecule has 2 fully saturated rings. The number of benzene rings is 1. The van der Waals surface area contributed by atoms with Crippen LogP contribution in [0, 0.1) is 17.7 Å². The molecule has 0 aromatic heterocycles. The smallest absolute Gasteiger partial charge is 0.417 e. The van der Waals surface area contributed by atoms with Gasteiger partial charge in [-0.15, -0.1) is 0 Å². The standard InChI is InChI=1S/C23H28F4N2O4/c1-2-13-33-22(32)16-7-11-28(12-8-16)20(30)15-5-9-29(10-6-15)21(31)18-14-17(24)3-4-19(18)23(25,26)27/h3-4,14-16H,2,5-13H2,1H3. The molecule has 2 aliphatic rings. The fraction of sp³-hybridized carbons (Fsp3) is 0.609. The molecule has 10 heteroatoms. The lowest BCUT2D eigenvalue weighted by Gasteiger charge is -2.37. The number of alkyl halides is 3. The van der Waals surface area contributed by atoms with Crippen molar-refractivity contribution in [2.45, 2.75) is 45.2 Å². The van der Waals surface area contributed by atoms with Crippen molar-refractivity contribution in [2.24, 2.45) is 11.8 Å². The number of piperidine rings is 2. The van der Waals surface area contributed by atoms with Crippen LogP contribution in [0.3, 0.4) is 0 Å². The number of carbonyl (C=O) groups excluding carboxylic acids is 3. The minimum atomic E-state index is -4.78. The third-order valence-electron chi connectivity index (χ3n) is 6.24. The number of amides is 2. The molecule has 0 atom stereocenters. The number of esters is 1. The lowest BCUT2D eigenvalue weighted by Crippen LogP contribution is -2.47. The Bertz CT molecular complexity index is 874. The van der Waals surface area contributed by atoms with E-state index in [1.165, 1.54) is 4.90 Å². The first-order chi connectivity index (χ1) is 15.6. The second kappa shape index (κ2) is 10.5. The second-order valence-corrected chi connectivity index (χ2v) is 8.52. The van der Waals surface area contributed by atoms with Crippen LogP contribution in [-0.2, 0) is 20.5 Å². The van der Waals surface area contributed by atoms with Gasteiger partial charge in [-0.25, -0.2) is 4.39 Å². The molecule has 0 aliphatic carbocycles. The summed E-state index contributed by atoms with van der Waals surface area (Å²) in [6.45, 7) is 3.42. The van der Waals surface area contributed by atoms with Gasteiger partial charge in [-0.3, -0.25) is 14.4 Å². The first-order valence-corrected chi connectivity index (χ1v) is 11.2. The van der Waals surface area contributed by atoms with Gasteiger partial charge in [0.1, 0.15) is 5.82 Å². The van der Waals surface area contributed by atoms with Gasteiger partial charge in [0.15, 0.2) is 0 Å². The van der Waals surface area contributed by atoms with Crippen LogP contribution in [0.1, 0.15) is 54.9 Å². The minimum Gasteiger partial charge on any atom is -0.465 e. The Morgan fingerprint density at radius 3 is 2.12 bits per heavy atom. The molecule has 182 valence electrons. The van der Waals surface area contributed by atoms with Gasteiger partial charge >= 0.3 is 12.1 Å². The zero-order chi connectivity index (χ0) is 24.2. The van der Waals surface area contributed by atoms with Crippen LogP contribution in [0.25, 0.3) is 0 Å². The van der Waals surface area contributed by atoms with Crippen molar-refractivity contribution in [3.8, 4) is 0 Å². The van der Waals surface area contributed by atoms with Gasteiger partial charge in [-0.05, 0) is 50.3 Å². The largest absolute Gasteiger partial charge is 0.465 e. The number of halogens is 4. The van der Waals surface area contributed by atoms with Crippen LogP contribution in [0.2, 0.25) is 0 Å². The maximum atomic E-state index is 13.6. The number of hydrogen-bond acceptors (Lipinski definition) is 4. The van der Waals surface area contributed by atoms with Gasteiger partial charge in [-0.2, -0.15) is 13.2 Å². The third-order valence-corrected chi connectivity index (χ3v) is 6.24. The predicted octanol–water partition coefficient (Wildman–Crippen LogP) is 3.89. The average molecular weight is 472 g/mol. The molecule has 6 nitrogen and oxygen atoms in total. The zero-order valence-corrected chi connectivity index (χ0v) is 18.5. The molecular formula is C23H28F4N2O4. The van der Waals surface area contributed by atoms with E-state index >= 15 is 0 Å². The van der Waals surface area contributed by atoms with Crippen LogP contribution < -0.4 is 0 Å².